The smallest absolute Gasteiger partial charge is 0.356 e. The first-order chi connectivity index (χ1) is 6.43. The van der Waals surface area contributed by atoms with E-state index in [2.05, 4.69) is 4.98 Å². The van der Waals surface area contributed by atoms with Gasteiger partial charge in [-0.2, -0.15) is 0 Å². The van der Waals surface area contributed by atoms with Crippen molar-refractivity contribution in [3.63, 3.8) is 0 Å². The van der Waals surface area contributed by atoms with Gasteiger partial charge in [-0.1, -0.05) is 13.8 Å². The second kappa shape index (κ2) is 3.88. The molecular formula is C9H11NO3S. The Balaban J connectivity index is 3.26. The largest absolute Gasteiger partial charge is 0.476 e. The fraction of sp³-hybridized carbons (Fsp3) is 0.444. The number of ketones is 1. The number of hydrogen-bond donors (Lipinski definition) is 1. The van der Waals surface area contributed by atoms with Crippen LogP contribution in [0.15, 0.2) is 0 Å². The molecule has 1 rings (SSSR count). The molecule has 14 heavy (non-hydrogen) atoms. The van der Waals surface area contributed by atoms with Crippen LogP contribution >= 0.6 is 11.3 Å². The van der Waals surface area contributed by atoms with Gasteiger partial charge in [-0.3, -0.25) is 4.79 Å². The maximum absolute atomic E-state index is 11.1. The standard InChI is InChI=1S/C9H11NO3S/c1-4(2)8-10-6(9(12)13)7(14-8)5(3)11/h4H,1-3H3,(H,12,13). The van der Waals surface area contributed by atoms with Crippen LogP contribution in [0, 0.1) is 0 Å². The molecule has 4 nitrogen and oxygen atoms in total. The quantitative estimate of drug-likeness (QED) is 0.781. The van der Waals surface area contributed by atoms with Gasteiger partial charge in [0, 0.05) is 12.8 Å². The first-order valence-corrected chi connectivity index (χ1v) is 5.00. The van der Waals surface area contributed by atoms with Crippen molar-refractivity contribution in [1.29, 1.82) is 0 Å². The number of aromatic nitrogens is 1. The first kappa shape index (κ1) is 10.8. The van der Waals surface area contributed by atoms with Gasteiger partial charge in [-0.15, -0.1) is 11.3 Å². The number of carboxylic acids is 1. The maximum Gasteiger partial charge on any atom is 0.356 e. The van der Waals surface area contributed by atoms with E-state index in [9.17, 15) is 9.59 Å². The van der Waals surface area contributed by atoms with Crippen LogP contribution in [-0.2, 0) is 0 Å². The molecular weight excluding hydrogens is 202 g/mol. The lowest BCUT2D eigenvalue weighted by atomic mass is 10.2. The number of thiazole rings is 1. The Morgan fingerprint density at radius 1 is 1.43 bits per heavy atom. The molecule has 0 saturated heterocycles. The summed E-state index contributed by atoms with van der Waals surface area (Å²) in [4.78, 5) is 26.0. The van der Waals surface area contributed by atoms with Crippen molar-refractivity contribution >= 4 is 23.1 Å². The average Bonchev–Trinajstić information content (AvgIpc) is 2.47. The van der Waals surface area contributed by atoms with Crippen LogP contribution in [0.25, 0.3) is 0 Å². The predicted molar refractivity (Wildman–Crippen MR) is 53.2 cm³/mol. The van der Waals surface area contributed by atoms with E-state index in [1.54, 1.807) is 0 Å². The molecule has 0 spiro atoms. The van der Waals surface area contributed by atoms with Gasteiger partial charge in [0.1, 0.15) is 4.88 Å². The average molecular weight is 213 g/mol. The molecule has 0 aliphatic heterocycles. The van der Waals surface area contributed by atoms with E-state index in [4.69, 9.17) is 5.11 Å². The van der Waals surface area contributed by atoms with Gasteiger partial charge in [0.2, 0.25) is 0 Å². The Morgan fingerprint density at radius 3 is 2.29 bits per heavy atom. The monoisotopic (exact) mass is 213 g/mol. The Bertz CT molecular complexity index is 350. The second-order valence-electron chi connectivity index (χ2n) is 3.25. The highest BCUT2D eigenvalue weighted by molar-refractivity contribution is 7.14. The zero-order valence-corrected chi connectivity index (χ0v) is 9.01. The molecule has 0 atom stereocenters. The van der Waals surface area contributed by atoms with E-state index in [-0.39, 0.29) is 22.3 Å². The third kappa shape index (κ3) is 1.98. The van der Waals surface area contributed by atoms with Crippen LogP contribution in [0.3, 0.4) is 0 Å². The van der Waals surface area contributed by atoms with Crippen molar-refractivity contribution in [2.45, 2.75) is 26.7 Å². The summed E-state index contributed by atoms with van der Waals surface area (Å²) in [6.45, 7) is 5.17. The van der Waals surface area contributed by atoms with Gasteiger partial charge in [-0.05, 0) is 0 Å². The minimum absolute atomic E-state index is 0.119. The zero-order valence-electron chi connectivity index (χ0n) is 8.20. The van der Waals surface area contributed by atoms with Crippen molar-refractivity contribution < 1.29 is 14.7 Å². The highest BCUT2D eigenvalue weighted by Crippen LogP contribution is 2.25. The number of hydrogen-bond acceptors (Lipinski definition) is 4. The number of rotatable bonds is 3. The molecule has 0 aliphatic rings. The van der Waals surface area contributed by atoms with Gasteiger partial charge in [0.15, 0.2) is 11.5 Å². The molecule has 1 N–H and O–H groups in total. The normalized spacial score (nSPS) is 10.6. The molecule has 0 aromatic carbocycles. The Morgan fingerprint density at radius 2 is 2.00 bits per heavy atom. The van der Waals surface area contributed by atoms with Crippen molar-refractivity contribution in [3.8, 4) is 0 Å². The third-order valence-corrected chi connectivity index (χ3v) is 3.12. The van der Waals surface area contributed by atoms with Crippen molar-refractivity contribution in [3.05, 3.63) is 15.6 Å². The fourth-order valence-corrected chi connectivity index (χ4v) is 1.92. The Kier molecular flexibility index (Phi) is 3.00. The summed E-state index contributed by atoms with van der Waals surface area (Å²) >= 11 is 1.16. The number of nitrogens with zero attached hydrogens (tertiary/aromatic N) is 1. The fourth-order valence-electron chi connectivity index (χ4n) is 0.967. The molecule has 1 aromatic rings. The molecule has 1 aromatic heterocycles. The van der Waals surface area contributed by atoms with Crippen molar-refractivity contribution in [2.24, 2.45) is 0 Å². The number of Topliss-reactive ketones (excluding diaryl/α,β-unsaturated/α-hetero) is 1. The predicted octanol–water partition coefficient (Wildman–Crippen LogP) is 2.17. The van der Waals surface area contributed by atoms with Crippen molar-refractivity contribution in [2.75, 3.05) is 0 Å². The summed E-state index contributed by atoms with van der Waals surface area (Å²) in [6.07, 6.45) is 0. The lowest BCUT2D eigenvalue weighted by Crippen LogP contribution is -2.03. The van der Waals surface area contributed by atoms with E-state index in [0.717, 1.165) is 11.3 Å². The molecule has 0 radical (unpaired) electrons. The SMILES string of the molecule is CC(=O)c1sc(C(C)C)nc1C(=O)O. The summed E-state index contributed by atoms with van der Waals surface area (Å²) in [6, 6.07) is 0. The summed E-state index contributed by atoms with van der Waals surface area (Å²) in [5, 5.41) is 9.49. The molecule has 0 aliphatic carbocycles. The Hall–Kier alpha value is -1.23. The van der Waals surface area contributed by atoms with Gasteiger partial charge in [-0.25, -0.2) is 9.78 Å². The molecule has 0 saturated carbocycles. The van der Waals surface area contributed by atoms with Crippen molar-refractivity contribution in [1.82, 2.24) is 4.98 Å². The molecule has 76 valence electrons. The van der Waals surface area contributed by atoms with Crippen LogP contribution in [-0.4, -0.2) is 21.8 Å². The highest BCUT2D eigenvalue weighted by atomic mass is 32.1. The summed E-state index contributed by atoms with van der Waals surface area (Å²) < 4.78 is 0. The highest BCUT2D eigenvalue weighted by Gasteiger charge is 2.21. The van der Waals surface area contributed by atoms with E-state index in [1.165, 1.54) is 6.92 Å². The molecule has 0 bridgehead atoms. The van der Waals surface area contributed by atoms with Gasteiger partial charge < -0.3 is 5.11 Å². The lowest BCUT2D eigenvalue weighted by Gasteiger charge is -1.94. The van der Waals surface area contributed by atoms with Gasteiger partial charge in [0.05, 0.1) is 5.01 Å². The molecule has 0 fully saturated rings. The van der Waals surface area contributed by atoms with Crippen LogP contribution in [0.1, 0.15) is 51.9 Å². The van der Waals surface area contributed by atoms with Gasteiger partial charge >= 0.3 is 5.97 Å². The molecule has 1 heterocycles. The number of aromatic carboxylic acids is 1. The minimum Gasteiger partial charge on any atom is -0.476 e. The van der Waals surface area contributed by atoms with E-state index in [1.807, 2.05) is 13.8 Å². The van der Waals surface area contributed by atoms with E-state index < -0.39 is 5.97 Å². The summed E-state index contributed by atoms with van der Waals surface area (Å²) in [5.41, 5.74) is -0.119. The zero-order chi connectivity index (χ0) is 10.9. The summed E-state index contributed by atoms with van der Waals surface area (Å²) in [7, 11) is 0. The number of carbonyl (C=O) groups is 2. The number of carboxylic acid groups (broad SMARTS) is 1. The lowest BCUT2D eigenvalue weighted by molar-refractivity contribution is 0.0687. The Labute approximate surface area is 85.6 Å². The van der Waals surface area contributed by atoms with Crippen LogP contribution in [0.2, 0.25) is 0 Å². The third-order valence-electron chi connectivity index (χ3n) is 1.66. The topological polar surface area (TPSA) is 67.3 Å². The van der Waals surface area contributed by atoms with E-state index >= 15 is 0 Å². The maximum atomic E-state index is 11.1. The van der Waals surface area contributed by atoms with Crippen LogP contribution in [0.5, 0.6) is 0 Å². The first-order valence-electron chi connectivity index (χ1n) is 4.18. The minimum atomic E-state index is -1.14. The molecule has 5 heteroatoms. The van der Waals surface area contributed by atoms with Crippen LogP contribution in [0.4, 0.5) is 0 Å². The number of carbonyl (C=O) groups excluding carboxylic acids is 1. The summed E-state index contributed by atoms with van der Waals surface area (Å²) in [5.74, 6) is -1.24. The van der Waals surface area contributed by atoms with E-state index in [0.29, 0.717) is 5.01 Å². The molecule has 0 unspecified atom stereocenters. The second-order valence-corrected chi connectivity index (χ2v) is 4.28. The van der Waals surface area contributed by atoms with Crippen LogP contribution < -0.4 is 0 Å². The molecule has 0 amide bonds. The van der Waals surface area contributed by atoms with Gasteiger partial charge in [0.25, 0.3) is 0 Å².